The van der Waals surface area contributed by atoms with Crippen LogP contribution in [0.4, 0.5) is 5.69 Å². The molecule has 0 radical (unpaired) electrons. The normalized spacial score (nSPS) is 10.4. The molecule has 0 aliphatic carbocycles. The zero-order valence-corrected chi connectivity index (χ0v) is 13.6. The van der Waals surface area contributed by atoms with E-state index in [4.69, 9.17) is 4.74 Å². The third kappa shape index (κ3) is 4.68. The van der Waals surface area contributed by atoms with E-state index in [-0.39, 0.29) is 18.3 Å². The number of nitrogens with one attached hydrogen (secondary N) is 1. The molecule has 0 heterocycles. The summed E-state index contributed by atoms with van der Waals surface area (Å²) in [4.78, 5) is 23.6. The topological polar surface area (TPSA) is 55.4 Å². The minimum atomic E-state index is -0.298. The Morgan fingerprint density at radius 3 is 2.52 bits per heavy atom. The molecule has 0 aromatic heterocycles. The average Bonchev–Trinajstić information content (AvgIpc) is 2.53. The van der Waals surface area contributed by atoms with Crippen LogP contribution in [0.2, 0.25) is 0 Å². The lowest BCUT2D eigenvalue weighted by Gasteiger charge is -2.11. The summed E-state index contributed by atoms with van der Waals surface area (Å²) >= 11 is 0. The molecule has 0 aliphatic heterocycles. The molecule has 2 aromatic rings. The van der Waals surface area contributed by atoms with Gasteiger partial charge >= 0.3 is 0 Å². The van der Waals surface area contributed by atoms with Crippen molar-refractivity contribution in [3.05, 3.63) is 59.7 Å². The number of amides is 1. The van der Waals surface area contributed by atoms with E-state index >= 15 is 0 Å². The van der Waals surface area contributed by atoms with Gasteiger partial charge < -0.3 is 10.1 Å². The second-order valence-electron chi connectivity index (χ2n) is 5.67. The largest absolute Gasteiger partial charge is 0.484 e. The minimum absolute atomic E-state index is 0.0912. The number of hydrogen-bond donors (Lipinski definition) is 1. The Balaban J connectivity index is 1.98. The zero-order valence-electron chi connectivity index (χ0n) is 13.6. The van der Waals surface area contributed by atoms with E-state index in [9.17, 15) is 9.59 Å². The van der Waals surface area contributed by atoms with Crippen molar-refractivity contribution >= 4 is 17.4 Å². The molecule has 4 nitrogen and oxygen atoms in total. The van der Waals surface area contributed by atoms with Gasteiger partial charge in [0.25, 0.3) is 5.91 Å². The van der Waals surface area contributed by atoms with Gasteiger partial charge in [0, 0.05) is 5.56 Å². The van der Waals surface area contributed by atoms with Crippen molar-refractivity contribution < 1.29 is 14.3 Å². The number of ether oxygens (including phenoxy) is 1. The Morgan fingerprint density at radius 1 is 1.09 bits per heavy atom. The second kappa shape index (κ2) is 7.58. The summed E-state index contributed by atoms with van der Waals surface area (Å²) < 4.78 is 5.53. The Morgan fingerprint density at radius 2 is 1.83 bits per heavy atom. The van der Waals surface area contributed by atoms with Crippen LogP contribution >= 0.6 is 0 Å². The van der Waals surface area contributed by atoms with Crippen molar-refractivity contribution in [2.45, 2.75) is 26.7 Å². The molecule has 120 valence electrons. The zero-order chi connectivity index (χ0) is 16.8. The summed E-state index contributed by atoms with van der Waals surface area (Å²) in [5, 5.41) is 2.71. The monoisotopic (exact) mass is 311 g/mol. The fourth-order valence-electron chi connectivity index (χ4n) is 2.20. The molecule has 0 atom stereocenters. The van der Waals surface area contributed by atoms with Gasteiger partial charge in [-0.1, -0.05) is 38.1 Å². The van der Waals surface area contributed by atoms with Crippen molar-refractivity contribution in [3.8, 4) is 5.75 Å². The maximum atomic E-state index is 12.0. The molecule has 4 heteroatoms. The van der Waals surface area contributed by atoms with E-state index in [0.29, 0.717) is 22.9 Å². The van der Waals surface area contributed by atoms with Crippen LogP contribution in [0.5, 0.6) is 5.75 Å². The summed E-state index contributed by atoms with van der Waals surface area (Å²) in [6, 6.07) is 14.6. The number of hydrogen-bond acceptors (Lipinski definition) is 3. The Kier molecular flexibility index (Phi) is 5.52. The van der Waals surface area contributed by atoms with Crippen LogP contribution in [0.15, 0.2) is 48.5 Å². The van der Waals surface area contributed by atoms with Gasteiger partial charge in [-0.3, -0.25) is 9.59 Å². The van der Waals surface area contributed by atoms with Crippen LogP contribution in [0.25, 0.3) is 0 Å². The number of anilines is 1. The van der Waals surface area contributed by atoms with Gasteiger partial charge in [-0.2, -0.15) is 0 Å². The van der Waals surface area contributed by atoms with Gasteiger partial charge in [-0.25, -0.2) is 0 Å². The highest BCUT2D eigenvalue weighted by atomic mass is 16.5. The molecule has 0 unspecified atom stereocenters. The van der Waals surface area contributed by atoms with Crippen molar-refractivity contribution in [2.75, 3.05) is 11.9 Å². The molecule has 2 aromatic carbocycles. The molecule has 1 N–H and O–H groups in total. The fourth-order valence-corrected chi connectivity index (χ4v) is 2.20. The smallest absolute Gasteiger partial charge is 0.262 e. The molecule has 0 fully saturated rings. The predicted octanol–water partition coefficient (Wildman–Crippen LogP) is 4.03. The Bertz CT molecular complexity index is 707. The number of carbonyl (C=O) groups excluding carboxylic acids is 2. The van der Waals surface area contributed by atoms with E-state index in [1.54, 1.807) is 24.3 Å². The Labute approximate surface area is 136 Å². The molecular formula is C19H21NO3. The lowest BCUT2D eigenvalue weighted by atomic mass is 10.0. The molecule has 0 aliphatic rings. The molecule has 1 amide bonds. The molecule has 2 rings (SSSR count). The van der Waals surface area contributed by atoms with E-state index in [1.807, 2.05) is 24.3 Å². The number of rotatable bonds is 6. The first-order chi connectivity index (χ1) is 11.0. The quantitative estimate of drug-likeness (QED) is 0.819. The number of ketones is 1. The van der Waals surface area contributed by atoms with Crippen LogP contribution in [-0.4, -0.2) is 18.3 Å². The summed E-state index contributed by atoms with van der Waals surface area (Å²) in [5.41, 5.74) is 2.15. The van der Waals surface area contributed by atoms with Crippen LogP contribution in [0.1, 0.15) is 42.6 Å². The maximum Gasteiger partial charge on any atom is 0.262 e. The Hall–Kier alpha value is -2.62. The first-order valence-corrected chi connectivity index (χ1v) is 7.60. The minimum Gasteiger partial charge on any atom is -0.484 e. The fraction of sp³-hybridized carbons (Fsp3) is 0.263. The van der Waals surface area contributed by atoms with E-state index < -0.39 is 0 Å². The summed E-state index contributed by atoms with van der Waals surface area (Å²) in [5.74, 6) is 0.668. The van der Waals surface area contributed by atoms with Crippen molar-refractivity contribution in [3.63, 3.8) is 0 Å². The van der Waals surface area contributed by atoms with E-state index in [2.05, 4.69) is 19.2 Å². The highest BCUT2D eigenvalue weighted by Crippen LogP contribution is 2.20. The van der Waals surface area contributed by atoms with Crippen molar-refractivity contribution in [1.82, 2.24) is 0 Å². The molecule has 23 heavy (non-hydrogen) atoms. The van der Waals surface area contributed by atoms with Gasteiger partial charge in [-0.15, -0.1) is 0 Å². The third-order valence-corrected chi connectivity index (χ3v) is 3.48. The number of benzene rings is 2. The third-order valence-electron chi connectivity index (χ3n) is 3.48. The van der Waals surface area contributed by atoms with Gasteiger partial charge in [0.2, 0.25) is 0 Å². The summed E-state index contributed by atoms with van der Waals surface area (Å²) in [7, 11) is 0. The van der Waals surface area contributed by atoms with Crippen LogP contribution in [0, 0.1) is 0 Å². The second-order valence-corrected chi connectivity index (χ2v) is 5.67. The van der Waals surface area contributed by atoms with Gasteiger partial charge in [-0.05, 0) is 42.7 Å². The predicted molar refractivity (Wildman–Crippen MR) is 91.1 cm³/mol. The average molecular weight is 311 g/mol. The molecular weight excluding hydrogens is 290 g/mol. The summed E-state index contributed by atoms with van der Waals surface area (Å²) in [6.45, 7) is 5.57. The van der Waals surface area contributed by atoms with Crippen molar-refractivity contribution in [2.24, 2.45) is 0 Å². The maximum absolute atomic E-state index is 12.0. The van der Waals surface area contributed by atoms with Crippen LogP contribution in [0.3, 0.4) is 0 Å². The highest BCUT2D eigenvalue weighted by molar-refractivity contribution is 6.03. The number of Topliss-reactive ketones (excluding diaryl/α,β-unsaturated/α-hetero) is 1. The molecule has 0 saturated heterocycles. The van der Waals surface area contributed by atoms with Crippen LogP contribution < -0.4 is 10.1 Å². The number of carbonyl (C=O) groups is 2. The lowest BCUT2D eigenvalue weighted by Crippen LogP contribution is -2.21. The molecule has 0 saturated carbocycles. The molecule has 0 bridgehead atoms. The van der Waals surface area contributed by atoms with Crippen LogP contribution in [-0.2, 0) is 4.79 Å². The van der Waals surface area contributed by atoms with Gasteiger partial charge in [0.15, 0.2) is 12.4 Å². The van der Waals surface area contributed by atoms with E-state index in [1.165, 1.54) is 6.92 Å². The van der Waals surface area contributed by atoms with Gasteiger partial charge in [0.05, 0.1) is 5.69 Å². The number of para-hydroxylation sites is 1. The van der Waals surface area contributed by atoms with Crippen molar-refractivity contribution in [1.29, 1.82) is 0 Å². The lowest BCUT2D eigenvalue weighted by molar-refractivity contribution is -0.118. The standard InChI is InChI=1S/C19H21NO3/c1-13(2)15-7-6-8-16(11-15)23-12-19(22)20-18-10-5-4-9-17(18)14(3)21/h4-11,13H,12H2,1-3H3,(H,20,22). The SMILES string of the molecule is CC(=O)c1ccccc1NC(=O)COc1cccc(C(C)C)c1. The molecule has 0 spiro atoms. The first kappa shape index (κ1) is 16.7. The summed E-state index contributed by atoms with van der Waals surface area (Å²) in [6.07, 6.45) is 0. The first-order valence-electron chi connectivity index (χ1n) is 7.60. The van der Waals surface area contributed by atoms with E-state index in [0.717, 1.165) is 5.56 Å². The van der Waals surface area contributed by atoms with Gasteiger partial charge in [0.1, 0.15) is 5.75 Å². The highest BCUT2D eigenvalue weighted by Gasteiger charge is 2.10.